The van der Waals surface area contributed by atoms with E-state index in [2.05, 4.69) is 11.6 Å². The Morgan fingerprint density at radius 2 is 1.88 bits per heavy atom. The molecule has 0 amide bonds. The number of aliphatic imine (C=N–C) groups is 1. The Bertz CT molecular complexity index is 1530. The number of carbonyl (C=O) groups excluding carboxylic acids is 1. The molecule has 0 bridgehead atoms. The average Bonchev–Trinajstić information content (AvgIpc) is 3.25. The van der Waals surface area contributed by atoms with Crippen molar-refractivity contribution in [3.05, 3.63) is 99.9 Å². The van der Waals surface area contributed by atoms with E-state index in [0.29, 0.717) is 28.3 Å². The lowest BCUT2D eigenvalue weighted by Crippen LogP contribution is -2.20. The number of rotatable bonds is 10. The first-order chi connectivity index (χ1) is 19.0. The fourth-order valence-corrected chi connectivity index (χ4v) is 4.01. The molecule has 2 aromatic carbocycles. The zero-order valence-corrected chi connectivity index (χ0v) is 23.4. The number of hydrogen-bond acceptors (Lipinski definition) is 7. The summed E-state index contributed by atoms with van der Waals surface area (Å²) in [6.07, 6.45) is 3.13. The van der Waals surface area contributed by atoms with Crippen molar-refractivity contribution >= 4 is 28.4 Å². The summed E-state index contributed by atoms with van der Waals surface area (Å²) < 4.78 is 34.0. The van der Waals surface area contributed by atoms with Crippen LogP contribution < -0.4 is 9.47 Å². The summed E-state index contributed by atoms with van der Waals surface area (Å²) in [7, 11) is 1.57. The number of methoxy groups -OCH3 is 1. The molecule has 0 aliphatic rings. The third kappa shape index (κ3) is 6.63. The molecule has 0 aliphatic carbocycles. The van der Waals surface area contributed by atoms with E-state index in [1.807, 2.05) is 33.8 Å². The molecule has 0 atom stereocenters. The molecule has 3 rings (SSSR count). The summed E-state index contributed by atoms with van der Waals surface area (Å²) in [5.41, 5.74) is 2.38. The highest BCUT2D eigenvalue weighted by Gasteiger charge is 2.22. The van der Waals surface area contributed by atoms with E-state index in [4.69, 9.17) is 14.2 Å². The lowest BCUT2D eigenvalue weighted by molar-refractivity contribution is -0.384. The predicted molar refractivity (Wildman–Crippen MR) is 152 cm³/mol. The van der Waals surface area contributed by atoms with Gasteiger partial charge >= 0.3 is 0 Å². The fraction of sp³-hybridized carbons (Fsp3) is 0.267. The third-order valence-electron chi connectivity index (χ3n) is 6.01. The van der Waals surface area contributed by atoms with Crippen molar-refractivity contribution in [2.75, 3.05) is 13.7 Å². The molecule has 0 fully saturated rings. The third-order valence-corrected chi connectivity index (χ3v) is 6.01. The van der Waals surface area contributed by atoms with Crippen molar-refractivity contribution in [2.24, 2.45) is 10.9 Å². The number of aromatic nitrogens is 1. The van der Waals surface area contributed by atoms with Gasteiger partial charge in [0.15, 0.2) is 18.2 Å². The average molecular weight is 550 g/mol. The van der Waals surface area contributed by atoms with Crippen LogP contribution >= 0.6 is 0 Å². The van der Waals surface area contributed by atoms with Gasteiger partial charge in [-0.15, -0.1) is 0 Å². The second-order valence-corrected chi connectivity index (χ2v) is 9.41. The van der Waals surface area contributed by atoms with Crippen LogP contribution in [-0.4, -0.2) is 35.0 Å². The summed E-state index contributed by atoms with van der Waals surface area (Å²) in [5.74, 6) is -0.0916. The number of fused-ring (bicyclic) bond motifs is 1. The van der Waals surface area contributed by atoms with Gasteiger partial charge in [-0.05, 0) is 68.7 Å². The van der Waals surface area contributed by atoms with Crippen LogP contribution in [0.5, 0.6) is 11.5 Å². The monoisotopic (exact) mass is 549 g/mol. The maximum Gasteiger partial charge on any atom is 0.269 e. The Kier molecular flexibility index (Phi) is 9.60. The van der Waals surface area contributed by atoms with Gasteiger partial charge < -0.3 is 14.2 Å². The molecule has 0 unspecified atom stereocenters. The Morgan fingerprint density at radius 3 is 2.42 bits per heavy atom. The van der Waals surface area contributed by atoms with Crippen molar-refractivity contribution in [1.82, 2.24) is 4.57 Å². The molecular weight excluding hydrogens is 517 g/mol. The number of non-ortho nitro benzene ring substituents is 1. The lowest BCUT2D eigenvalue weighted by Gasteiger charge is -2.17. The molecule has 0 radical (unpaired) electrons. The molecule has 9 nitrogen and oxygen atoms in total. The summed E-state index contributed by atoms with van der Waals surface area (Å²) in [4.78, 5) is 27.6. The summed E-state index contributed by atoms with van der Waals surface area (Å²) in [6, 6.07) is 9.96. The molecular formula is C30H32FN3O6. The predicted octanol–water partition coefficient (Wildman–Crippen LogP) is 7.16. The van der Waals surface area contributed by atoms with Gasteiger partial charge in [0, 0.05) is 35.0 Å². The summed E-state index contributed by atoms with van der Waals surface area (Å²) in [5, 5.41) is 11.0. The minimum Gasteiger partial charge on any atom is -0.497 e. The molecule has 3 aromatic rings. The summed E-state index contributed by atoms with van der Waals surface area (Å²) in [6.45, 7) is 12.7. The largest absolute Gasteiger partial charge is 0.497 e. The first kappa shape index (κ1) is 29.8. The molecule has 0 N–H and O–H groups in total. The number of halogens is 1. The van der Waals surface area contributed by atoms with Crippen LogP contribution in [0, 0.1) is 28.8 Å². The zero-order valence-electron chi connectivity index (χ0n) is 23.4. The summed E-state index contributed by atoms with van der Waals surface area (Å²) >= 11 is 0. The Labute approximate surface area is 232 Å². The van der Waals surface area contributed by atoms with Gasteiger partial charge in [-0.3, -0.25) is 19.5 Å². The molecule has 0 saturated heterocycles. The first-order valence-corrected chi connectivity index (χ1v) is 12.5. The molecule has 1 heterocycles. The number of hydrogen-bond donors (Lipinski definition) is 0. The fourth-order valence-electron chi connectivity index (χ4n) is 4.01. The van der Waals surface area contributed by atoms with E-state index in [9.17, 15) is 14.9 Å². The number of carbonyl (C=O) groups is 1. The van der Waals surface area contributed by atoms with Crippen LogP contribution in [0.1, 0.15) is 38.2 Å². The highest BCUT2D eigenvalue weighted by Crippen LogP contribution is 2.31. The van der Waals surface area contributed by atoms with Gasteiger partial charge in [0.2, 0.25) is 5.90 Å². The van der Waals surface area contributed by atoms with E-state index in [0.717, 1.165) is 5.57 Å². The molecule has 0 spiro atoms. The van der Waals surface area contributed by atoms with E-state index in [1.165, 1.54) is 41.1 Å². The molecule has 1 aromatic heterocycles. The molecule has 40 heavy (non-hydrogen) atoms. The maximum absolute atomic E-state index is 15.7. The second kappa shape index (κ2) is 12.9. The minimum absolute atomic E-state index is 0.0355. The number of nitro benzene ring substituents is 1. The van der Waals surface area contributed by atoms with Crippen LogP contribution in [0.4, 0.5) is 10.1 Å². The van der Waals surface area contributed by atoms with Gasteiger partial charge in [0.25, 0.3) is 11.6 Å². The van der Waals surface area contributed by atoms with Crippen LogP contribution in [0.15, 0.2) is 83.2 Å². The normalized spacial score (nSPS) is 11.9. The highest BCUT2D eigenvalue weighted by molar-refractivity contribution is 5.98. The topological polar surface area (TPSA) is 105 Å². The van der Waals surface area contributed by atoms with E-state index in [-0.39, 0.29) is 35.2 Å². The van der Waals surface area contributed by atoms with E-state index < -0.39 is 16.6 Å². The van der Waals surface area contributed by atoms with Gasteiger partial charge in [0.1, 0.15) is 11.5 Å². The van der Waals surface area contributed by atoms with Crippen LogP contribution in [0.3, 0.4) is 0 Å². The Morgan fingerprint density at radius 1 is 1.20 bits per heavy atom. The number of aryl methyl sites for hydroxylation is 1. The quantitative estimate of drug-likeness (QED) is 0.0664. The zero-order chi connectivity index (χ0) is 29.6. The number of allylic oxidation sites excluding steroid dienone is 2. The van der Waals surface area contributed by atoms with Gasteiger partial charge in [-0.2, -0.15) is 0 Å². The van der Waals surface area contributed by atoms with Crippen LogP contribution in [0.25, 0.3) is 10.9 Å². The Balaban J connectivity index is 1.92. The number of nitrogens with zero attached hydrogens (tertiary/aromatic N) is 3. The molecule has 0 saturated carbocycles. The van der Waals surface area contributed by atoms with Crippen LogP contribution in [-0.2, 0) is 4.74 Å². The van der Waals surface area contributed by atoms with Gasteiger partial charge in [-0.25, -0.2) is 9.38 Å². The molecule has 10 heteroatoms. The first-order valence-electron chi connectivity index (χ1n) is 12.5. The van der Waals surface area contributed by atoms with Crippen molar-refractivity contribution in [3.63, 3.8) is 0 Å². The maximum atomic E-state index is 15.7. The van der Waals surface area contributed by atoms with E-state index in [1.54, 1.807) is 26.2 Å². The van der Waals surface area contributed by atoms with Crippen molar-refractivity contribution < 1.29 is 28.3 Å². The standard InChI is InChI=1S/C30H32FN3O6/c1-8-32-30(23(18(2)3)16-27(38-7)19(4)5)40-26-14-13-25-24(29(26)31)15-20(6)33(25)28(35)17-39-22-11-9-21(10-12-22)34(36)37/h8-16,18H,1,17H2,2-7H3/b23-16+,32-30?. The SMILES string of the molecule is C=CN=C(Oc1ccc2c(cc(C)n2C(=O)COc2ccc([N+](=O)[O-])cc2)c1F)/C(=C/C(OC)=C(C)C)C(C)C. The second-order valence-electron chi connectivity index (χ2n) is 9.41. The smallest absolute Gasteiger partial charge is 0.269 e. The van der Waals surface area contributed by atoms with Crippen molar-refractivity contribution in [3.8, 4) is 11.5 Å². The number of benzene rings is 2. The van der Waals surface area contributed by atoms with Gasteiger partial charge in [0.05, 0.1) is 17.5 Å². The van der Waals surface area contributed by atoms with Crippen LogP contribution in [0.2, 0.25) is 0 Å². The molecule has 210 valence electrons. The number of nitro groups is 1. The minimum atomic E-state index is -0.655. The van der Waals surface area contributed by atoms with Gasteiger partial charge in [-0.1, -0.05) is 20.4 Å². The van der Waals surface area contributed by atoms with Crippen molar-refractivity contribution in [1.29, 1.82) is 0 Å². The van der Waals surface area contributed by atoms with E-state index >= 15 is 4.39 Å². The molecule has 0 aliphatic heterocycles. The number of ether oxygens (including phenoxy) is 3. The Hall–Kier alpha value is -4.73. The highest BCUT2D eigenvalue weighted by atomic mass is 19.1. The van der Waals surface area contributed by atoms with Crippen molar-refractivity contribution in [2.45, 2.75) is 34.6 Å². The lowest BCUT2D eigenvalue weighted by atomic mass is 10.0.